The molecule has 0 aromatic heterocycles. The molecule has 1 aliphatic heterocycles. The Balaban J connectivity index is 1.97. The summed E-state index contributed by atoms with van der Waals surface area (Å²) >= 11 is 0. The number of aryl methyl sites for hydroxylation is 2. The average molecular weight is 514 g/mol. The van der Waals surface area contributed by atoms with Gasteiger partial charge in [0.15, 0.2) is 0 Å². The van der Waals surface area contributed by atoms with Crippen molar-refractivity contribution in [2.45, 2.75) is 53.0 Å². The van der Waals surface area contributed by atoms with Crippen LogP contribution in [0.3, 0.4) is 0 Å². The number of benzene rings is 3. The molecule has 1 aliphatic rings. The van der Waals surface area contributed by atoms with Crippen LogP contribution in [0.1, 0.15) is 61.6 Å². The second-order valence-electron chi connectivity index (χ2n) is 10.6. The number of aliphatic hydroxyl groups excluding tert-OH is 1. The molecule has 1 heterocycles. The highest BCUT2D eigenvalue weighted by Crippen LogP contribution is 2.44. The van der Waals surface area contributed by atoms with E-state index in [-0.39, 0.29) is 16.7 Å². The maximum Gasteiger partial charge on any atom is 0.300 e. The van der Waals surface area contributed by atoms with E-state index in [9.17, 15) is 14.7 Å². The van der Waals surface area contributed by atoms with Gasteiger partial charge in [0.2, 0.25) is 0 Å². The first kappa shape index (κ1) is 27.0. The molecule has 0 saturated carbocycles. The van der Waals surface area contributed by atoms with Crippen molar-refractivity contribution < 1.29 is 24.2 Å². The van der Waals surface area contributed by atoms with E-state index in [1.54, 1.807) is 25.3 Å². The summed E-state index contributed by atoms with van der Waals surface area (Å²) in [5.74, 6) is -0.248. The first-order chi connectivity index (χ1) is 18.0. The fourth-order valence-corrected chi connectivity index (χ4v) is 4.86. The van der Waals surface area contributed by atoms with Crippen molar-refractivity contribution in [1.29, 1.82) is 0 Å². The van der Waals surface area contributed by atoms with Crippen LogP contribution in [-0.4, -0.2) is 30.5 Å². The molecule has 1 saturated heterocycles. The highest BCUT2D eigenvalue weighted by Gasteiger charge is 2.47. The van der Waals surface area contributed by atoms with Gasteiger partial charge in [0, 0.05) is 16.8 Å². The molecule has 3 aromatic carbocycles. The minimum atomic E-state index is -0.814. The van der Waals surface area contributed by atoms with E-state index in [1.165, 1.54) is 4.90 Å². The number of Topliss-reactive ketones (excluding diaryl/α,β-unsaturated/α-hetero) is 1. The Morgan fingerprint density at radius 2 is 1.66 bits per heavy atom. The van der Waals surface area contributed by atoms with E-state index >= 15 is 0 Å². The second-order valence-corrected chi connectivity index (χ2v) is 10.6. The van der Waals surface area contributed by atoms with E-state index in [2.05, 4.69) is 20.8 Å². The van der Waals surface area contributed by atoms with Crippen LogP contribution in [0, 0.1) is 13.8 Å². The van der Waals surface area contributed by atoms with Crippen LogP contribution in [0.4, 0.5) is 5.69 Å². The van der Waals surface area contributed by atoms with E-state index in [0.717, 1.165) is 22.4 Å². The van der Waals surface area contributed by atoms with Gasteiger partial charge in [-0.05, 0) is 79.3 Å². The monoisotopic (exact) mass is 513 g/mol. The van der Waals surface area contributed by atoms with Crippen LogP contribution in [0.2, 0.25) is 0 Å². The van der Waals surface area contributed by atoms with Crippen LogP contribution < -0.4 is 14.4 Å². The molecule has 6 heteroatoms. The molecule has 1 amide bonds. The van der Waals surface area contributed by atoms with Crippen LogP contribution in [0.15, 0.2) is 66.2 Å². The Morgan fingerprint density at radius 1 is 0.974 bits per heavy atom. The maximum atomic E-state index is 13.6. The van der Waals surface area contributed by atoms with Gasteiger partial charge in [-0.25, -0.2) is 0 Å². The molecular formula is C32H35NO5. The smallest absolute Gasteiger partial charge is 0.300 e. The Labute approximate surface area is 224 Å². The molecular weight excluding hydrogens is 478 g/mol. The fraction of sp³-hybridized carbons (Fsp3) is 0.312. The molecule has 1 unspecified atom stereocenters. The fourth-order valence-electron chi connectivity index (χ4n) is 4.86. The number of ketones is 1. The minimum absolute atomic E-state index is 0.0464. The third-order valence-corrected chi connectivity index (χ3v) is 6.86. The summed E-state index contributed by atoms with van der Waals surface area (Å²) in [5.41, 5.74) is 4.26. The van der Waals surface area contributed by atoms with Crippen LogP contribution >= 0.6 is 0 Å². The predicted octanol–water partition coefficient (Wildman–Crippen LogP) is 6.63. The number of nitrogens with zero attached hydrogens (tertiary/aromatic N) is 1. The lowest BCUT2D eigenvalue weighted by atomic mass is 9.84. The topological polar surface area (TPSA) is 76.1 Å². The van der Waals surface area contributed by atoms with Crippen molar-refractivity contribution in [3.63, 3.8) is 0 Å². The van der Waals surface area contributed by atoms with Gasteiger partial charge >= 0.3 is 0 Å². The number of carbonyl (C=O) groups is 2. The van der Waals surface area contributed by atoms with Crippen molar-refractivity contribution in [2.75, 3.05) is 18.6 Å². The number of amides is 1. The Hall–Kier alpha value is -4.06. The second kappa shape index (κ2) is 10.4. The van der Waals surface area contributed by atoms with Crippen LogP contribution in [-0.2, 0) is 15.0 Å². The highest BCUT2D eigenvalue weighted by atomic mass is 16.5. The lowest BCUT2D eigenvalue weighted by Crippen LogP contribution is -2.30. The third-order valence-electron chi connectivity index (χ3n) is 6.86. The molecule has 3 aromatic rings. The number of rotatable bonds is 6. The predicted molar refractivity (Wildman–Crippen MR) is 150 cm³/mol. The molecule has 198 valence electrons. The van der Waals surface area contributed by atoms with Crippen molar-refractivity contribution >= 4 is 23.1 Å². The number of hydrogen-bond donors (Lipinski definition) is 1. The summed E-state index contributed by atoms with van der Waals surface area (Å²) in [6, 6.07) is 17.6. The molecule has 38 heavy (non-hydrogen) atoms. The van der Waals surface area contributed by atoms with E-state index in [4.69, 9.17) is 9.47 Å². The van der Waals surface area contributed by atoms with E-state index < -0.39 is 17.7 Å². The molecule has 4 rings (SSSR count). The molecule has 0 radical (unpaired) electrons. The van der Waals surface area contributed by atoms with Crippen molar-refractivity contribution in [2.24, 2.45) is 0 Å². The summed E-state index contributed by atoms with van der Waals surface area (Å²) in [4.78, 5) is 28.7. The van der Waals surface area contributed by atoms with Crippen molar-refractivity contribution in [1.82, 2.24) is 0 Å². The van der Waals surface area contributed by atoms with Crippen LogP contribution in [0.5, 0.6) is 11.5 Å². The number of aliphatic hydroxyl groups is 1. The zero-order valence-electron chi connectivity index (χ0n) is 23.1. The van der Waals surface area contributed by atoms with Crippen LogP contribution in [0.25, 0.3) is 5.76 Å². The van der Waals surface area contributed by atoms with E-state index in [0.29, 0.717) is 29.2 Å². The molecule has 0 bridgehead atoms. The molecule has 1 fully saturated rings. The van der Waals surface area contributed by atoms with Gasteiger partial charge in [0.25, 0.3) is 11.7 Å². The van der Waals surface area contributed by atoms with Gasteiger partial charge < -0.3 is 14.6 Å². The third kappa shape index (κ3) is 4.91. The summed E-state index contributed by atoms with van der Waals surface area (Å²) in [6.45, 7) is 12.5. The number of ether oxygens (including phenoxy) is 2. The molecule has 6 nitrogen and oxygen atoms in total. The summed E-state index contributed by atoms with van der Waals surface area (Å²) in [6.07, 6.45) is 0. The normalized spacial score (nSPS) is 17.1. The number of methoxy groups -OCH3 is 1. The Kier molecular flexibility index (Phi) is 7.36. The number of carbonyl (C=O) groups excluding carboxylic acids is 2. The first-order valence-electron chi connectivity index (χ1n) is 12.8. The zero-order valence-corrected chi connectivity index (χ0v) is 23.1. The Morgan fingerprint density at radius 3 is 2.26 bits per heavy atom. The van der Waals surface area contributed by atoms with E-state index in [1.807, 2.05) is 63.2 Å². The van der Waals surface area contributed by atoms with Crippen molar-refractivity contribution in [3.8, 4) is 11.5 Å². The van der Waals surface area contributed by atoms with Gasteiger partial charge in [-0.1, -0.05) is 45.0 Å². The van der Waals surface area contributed by atoms with Gasteiger partial charge in [-0.15, -0.1) is 0 Å². The largest absolute Gasteiger partial charge is 0.507 e. The number of anilines is 1. The minimum Gasteiger partial charge on any atom is -0.507 e. The molecule has 1 atom stereocenters. The molecule has 0 aliphatic carbocycles. The van der Waals surface area contributed by atoms with Gasteiger partial charge in [-0.3, -0.25) is 14.5 Å². The summed E-state index contributed by atoms with van der Waals surface area (Å²) in [7, 11) is 1.58. The van der Waals surface area contributed by atoms with Crippen molar-refractivity contribution in [3.05, 3.63) is 94.1 Å². The standard InChI is InChI=1S/C32H35NO5/c1-8-38-26-16-13-22(18-24(26)32(4,5)6)29(34)27-28(21-11-14-23(37-7)15-12-21)33(31(36)30(27)35)25-17-19(2)9-10-20(25)3/h9-18,28,34H,8H2,1-7H3/b29-27-. The number of hydrogen-bond acceptors (Lipinski definition) is 5. The average Bonchev–Trinajstić information content (AvgIpc) is 3.15. The molecule has 0 spiro atoms. The lowest BCUT2D eigenvalue weighted by Gasteiger charge is -2.27. The maximum absolute atomic E-state index is 13.6. The SMILES string of the molecule is CCOc1ccc(/C(O)=C2/C(=O)C(=O)N(c3cc(C)ccc3C)C2c2ccc(OC)cc2)cc1C(C)(C)C. The highest BCUT2D eigenvalue weighted by molar-refractivity contribution is 6.51. The Bertz CT molecular complexity index is 1410. The quantitative estimate of drug-likeness (QED) is 0.227. The van der Waals surface area contributed by atoms with Gasteiger partial charge in [-0.2, -0.15) is 0 Å². The summed E-state index contributed by atoms with van der Waals surface area (Å²) in [5, 5.41) is 11.7. The lowest BCUT2D eigenvalue weighted by molar-refractivity contribution is -0.132. The first-order valence-corrected chi connectivity index (χ1v) is 12.8. The van der Waals surface area contributed by atoms with Gasteiger partial charge in [0.05, 0.1) is 25.3 Å². The summed E-state index contributed by atoms with van der Waals surface area (Å²) < 4.78 is 11.2. The van der Waals surface area contributed by atoms with Gasteiger partial charge in [0.1, 0.15) is 17.3 Å². The zero-order chi connectivity index (χ0) is 27.8. The molecule has 1 N–H and O–H groups in total.